The van der Waals surface area contributed by atoms with Gasteiger partial charge in [0.15, 0.2) is 0 Å². The topological polar surface area (TPSA) is 39.2 Å². The third-order valence-corrected chi connectivity index (χ3v) is 3.73. The number of nitrogens with zero attached hydrogens (tertiary/aromatic N) is 1. The zero-order valence-corrected chi connectivity index (χ0v) is 12.2. The van der Waals surface area contributed by atoms with E-state index in [1.54, 1.807) is 0 Å². The Balaban J connectivity index is 2.41. The fourth-order valence-corrected chi connectivity index (χ4v) is 2.61. The second-order valence-electron chi connectivity index (χ2n) is 4.23. The predicted octanol–water partition coefficient (Wildman–Crippen LogP) is 3.86. The predicted molar refractivity (Wildman–Crippen MR) is 77.6 cm³/mol. The zero-order valence-electron chi connectivity index (χ0n) is 11.4. The molecule has 0 spiro atoms. The number of aryl methyl sites for hydroxylation is 2. The number of hydrogen-bond acceptors (Lipinski definition) is 4. The summed E-state index contributed by atoms with van der Waals surface area (Å²) in [4.78, 5) is 12.9. The first-order valence-electron chi connectivity index (χ1n) is 6.40. The highest BCUT2D eigenvalue weighted by Gasteiger charge is 2.20. The third-order valence-electron chi connectivity index (χ3n) is 2.98. The summed E-state index contributed by atoms with van der Waals surface area (Å²) in [7, 11) is 0. The molecule has 0 bridgehead atoms. The van der Waals surface area contributed by atoms with Crippen molar-refractivity contribution >= 4 is 17.5 Å². The normalized spacial score (nSPS) is 10.5. The summed E-state index contributed by atoms with van der Waals surface area (Å²) < 4.78 is 9.49. The van der Waals surface area contributed by atoms with Crippen molar-refractivity contribution in [3.8, 4) is 11.3 Å². The van der Waals surface area contributed by atoms with Crippen LogP contribution >= 0.6 is 11.5 Å². The maximum absolute atomic E-state index is 12.0. The van der Waals surface area contributed by atoms with Crippen LogP contribution in [-0.4, -0.2) is 16.9 Å². The fraction of sp³-hybridized carbons (Fsp3) is 0.333. The van der Waals surface area contributed by atoms with E-state index in [1.807, 2.05) is 26.0 Å². The molecule has 1 aromatic carbocycles. The van der Waals surface area contributed by atoms with Crippen LogP contribution in [0.5, 0.6) is 0 Å². The van der Waals surface area contributed by atoms with Gasteiger partial charge in [0.05, 0.1) is 12.3 Å². The fourth-order valence-electron chi connectivity index (χ4n) is 1.91. The smallest absolute Gasteiger partial charge is 0.341 e. The molecule has 0 radical (unpaired) electrons. The van der Waals surface area contributed by atoms with Gasteiger partial charge in [-0.15, -0.1) is 0 Å². The Morgan fingerprint density at radius 1 is 1.26 bits per heavy atom. The van der Waals surface area contributed by atoms with Crippen molar-refractivity contribution in [2.45, 2.75) is 27.2 Å². The summed E-state index contributed by atoms with van der Waals surface area (Å²) in [5.41, 5.74) is 3.55. The number of aromatic nitrogens is 1. The highest BCUT2D eigenvalue weighted by molar-refractivity contribution is 7.06. The molecule has 1 aromatic heterocycles. The van der Waals surface area contributed by atoms with Crippen molar-refractivity contribution in [1.29, 1.82) is 0 Å². The molecule has 0 saturated carbocycles. The minimum Gasteiger partial charge on any atom is -0.462 e. The Kier molecular flexibility index (Phi) is 4.32. The molecule has 0 N–H and O–H groups in total. The molecule has 0 aliphatic carbocycles. The molecule has 0 amide bonds. The molecule has 1 heterocycles. The SMILES string of the molecule is CCOC(=O)c1c(-c2ccc(CC)cc2)nsc1C. The van der Waals surface area contributed by atoms with Crippen LogP contribution in [0.4, 0.5) is 0 Å². The van der Waals surface area contributed by atoms with Crippen molar-refractivity contribution in [2.75, 3.05) is 6.61 Å². The first-order valence-corrected chi connectivity index (χ1v) is 7.17. The Morgan fingerprint density at radius 2 is 1.95 bits per heavy atom. The van der Waals surface area contributed by atoms with E-state index >= 15 is 0 Å². The summed E-state index contributed by atoms with van der Waals surface area (Å²) in [5, 5.41) is 0. The van der Waals surface area contributed by atoms with Gasteiger partial charge in [0.1, 0.15) is 5.56 Å². The Hall–Kier alpha value is -1.68. The molecule has 100 valence electrons. The second-order valence-corrected chi connectivity index (χ2v) is 5.21. The van der Waals surface area contributed by atoms with Gasteiger partial charge < -0.3 is 4.74 Å². The Labute approximate surface area is 117 Å². The van der Waals surface area contributed by atoms with E-state index < -0.39 is 0 Å². The molecule has 0 saturated heterocycles. The van der Waals surface area contributed by atoms with Crippen LogP contribution in [0.1, 0.15) is 34.6 Å². The van der Waals surface area contributed by atoms with Crippen molar-refractivity contribution < 1.29 is 9.53 Å². The molecule has 3 nitrogen and oxygen atoms in total. The molecule has 0 atom stereocenters. The van der Waals surface area contributed by atoms with Crippen LogP contribution in [0.3, 0.4) is 0 Å². The first kappa shape index (κ1) is 13.7. The van der Waals surface area contributed by atoms with Gasteiger partial charge in [0, 0.05) is 10.4 Å². The number of esters is 1. The van der Waals surface area contributed by atoms with Crippen LogP contribution in [0, 0.1) is 6.92 Å². The Bertz CT molecular complexity index is 572. The average Bonchev–Trinajstić information content (AvgIpc) is 2.81. The van der Waals surface area contributed by atoms with Crippen LogP contribution < -0.4 is 0 Å². The highest BCUT2D eigenvalue weighted by Crippen LogP contribution is 2.28. The van der Waals surface area contributed by atoms with Gasteiger partial charge in [-0.25, -0.2) is 4.79 Å². The monoisotopic (exact) mass is 275 g/mol. The van der Waals surface area contributed by atoms with Gasteiger partial charge >= 0.3 is 5.97 Å². The van der Waals surface area contributed by atoms with Gasteiger partial charge in [0.2, 0.25) is 0 Å². The third kappa shape index (κ3) is 2.84. The summed E-state index contributed by atoms with van der Waals surface area (Å²) in [5.74, 6) is -0.289. The molecule has 2 rings (SSSR count). The van der Waals surface area contributed by atoms with Gasteiger partial charge in [-0.3, -0.25) is 0 Å². The largest absolute Gasteiger partial charge is 0.462 e. The van der Waals surface area contributed by atoms with E-state index in [0.717, 1.165) is 22.6 Å². The molecule has 0 unspecified atom stereocenters. The molecular weight excluding hydrogens is 258 g/mol. The lowest BCUT2D eigenvalue weighted by Crippen LogP contribution is -2.06. The van der Waals surface area contributed by atoms with Crippen LogP contribution in [0.15, 0.2) is 24.3 Å². The number of carbonyl (C=O) groups is 1. The van der Waals surface area contributed by atoms with Crippen LogP contribution in [0.2, 0.25) is 0 Å². The second kappa shape index (κ2) is 5.97. The summed E-state index contributed by atoms with van der Waals surface area (Å²) in [6.45, 7) is 6.20. The number of ether oxygens (including phenoxy) is 1. The molecule has 4 heteroatoms. The number of benzene rings is 1. The summed E-state index contributed by atoms with van der Waals surface area (Å²) in [6.07, 6.45) is 1.00. The van der Waals surface area contributed by atoms with Gasteiger partial charge in [-0.05, 0) is 37.4 Å². The zero-order chi connectivity index (χ0) is 13.8. The maximum atomic E-state index is 12.0. The number of carbonyl (C=O) groups excluding carboxylic acids is 1. The highest BCUT2D eigenvalue weighted by atomic mass is 32.1. The lowest BCUT2D eigenvalue weighted by molar-refractivity contribution is 0.0527. The lowest BCUT2D eigenvalue weighted by atomic mass is 10.0. The van der Waals surface area contributed by atoms with E-state index in [0.29, 0.717) is 12.2 Å². The van der Waals surface area contributed by atoms with Crippen molar-refractivity contribution in [1.82, 2.24) is 4.37 Å². The molecule has 2 aromatic rings. The Morgan fingerprint density at radius 3 is 2.53 bits per heavy atom. The lowest BCUT2D eigenvalue weighted by Gasteiger charge is -2.05. The van der Waals surface area contributed by atoms with Crippen molar-refractivity contribution in [2.24, 2.45) is 0 Å². The number of rotatable bonds is 4. The molecule has 0 aliphatic rings. The van der Waals surface area contributed by atoms with Gasteiger partial charge in [0.25, 0.3) is 0 Å². The quantitative estimate of drug-likeness (QED) is 0.795. The minimum absolute atomic E-state index is 0.289. The standard InChI is InChI=1S/C15H17NO2S/c1-4-11-6-8-12(9-7-11)14-13(10(3)19-16-14)15(17)18-5-2/h6-9H,4-5H2,1-3H3. The first-order chi connectivity index (χ1) is 9.17. The molecule has 19 heavy (non-hydrogen) atoms. The molecular formula is C15H17NO2S. The summed E-state index contributed by atoms with van der Waals surface area (Å²) >= 11 is 1.34. The van der Waals surface area contributed by atoms with Gasteiger partial charge in [-0.1, -0.05) is 31.2 Å². The van der Waals surface area contributed by atoms with E-state index in [4.69, 9.17) is 4.74 Å². The van der Waals surface area contributed by atoms with E-state index in [9.17, 15) is 4.79 Å². The van der Waals surface area contributed by atoms with E-state index in [1.165, 1.54) is 17.1 Å². The van der Waals surface area contributed by atoms with Crippen LogP contribution in [0.25, 0.3) is 11.3 Å². The van der Waals surface area contributed by atoms with E-state index in [-0.39, 0.29) is 5.97 Å². The van der Waals surface area contributed by atoms with Crippen molar-refractivity contribution in [3.63, 3.8) is 0 Å². The van der Waals surface area contributed by atoms with Gasteiger partial charge in [-0.2, -0.15) is 4.37 Å². The number of hydrogen-bond donors (Lipinski definition) is 0. The average molecular weight is 275 g/mol. The summed E-state index contributed by atoms with van der Waals surface area (Å²) in [6, 6.07) is 8.16. The van der Waals surface area contributed by atoms with Crippen molar-refractivity contribution in [3.05, 3.63) is 40.3 Å². The van der Waals surface area contributed by atoms with Crippen LogP contribution in [-0.2, 0) is 11.2 Å². The molecule has 0 fully saturated rings. The molecule has 0 aliphatic heterocycles. The van der Waals surface area contributed by atoms with E-state index in [2.05, 4.69) is 23.4 Å². The minimum atomic E-state index is -0.289. The maximum Gasteiger partial charge on any atom is 0.341 e.